The summed E-state index contributed by atoms with van der Waals surface area (Å²) in [5.41, 5.74) is 1.10. The summed E-state index contributed by atoms with van der Waals surface area (Å²) in [6.45, 7) is 2.94. The fraction of sp³-hybridized carbons (Fsp3) is 0.200. The highest BCUT2D eigenvalue weighted by Gasteiger charge is 2.37. The quantitative estimate of drug-likeness (QED) is 0.559. The minimum atomic E-state index is -0.646. The van der Waals surface area contributed by atoms with E-state index in [0.717, 1.165) is 16.7 Å². The SMILES string of the molecule is CC(C)OC(=O)CN1C(=O)S/C(=C\c2ccc(-c3ccccc3C#N)o2)C1=O. The molecule has 28 heavy (non-hydrogen) atoms. The van der Waals surface area contributed by atoms with Crippen molar-refractivity contribution < 1.29 is 23.5 Å². The van der Waals surface area contributed by atoms with Crippen molar-refractivity contribution in [2.75, 3.05) is 6.54 Å². The molecule has 0 radical (unpaired) electrons. The molecule has 1 aliphatic rings. The maximum absolute atomic E-state index is 12.4. The van der Waals surface area contributed by atoms with Gasteiger partial charge in [-0.1, -0.05) is 12.1 Å². The first-order chi connectivity index (χ1) is 13.4. The van der Waals surface area contributed by atoms with E-state index in [0.29, 0.717) is 22.6 Å². The van der Waals surface area contributed by atoms with E-state index in [9.17, 15) is 19.6 Å². The van der Waals surface area contributed by atoms with Gasteiger partial charge >= 0.3 is 5.97 Å². The molecular formula is C20H16N2O5S. The molecule has 0 atom stereocenters. The van der Waals surface area contributed by atoms with Crippen LogP contribution in [0.4, 0.5) is 4.79 Å². The topological polar surface area (TPSA) is 101 Å². The molecule has 2 heterocycles. The van der Waals surface area contributed by atoms with E-state index in [1.54, 1.807) is 50.2 Å². The van der Waals surface area contributed by atoms with Gasteiger partial charge < -0.3 is 9.15 Å². The molecule has 0 bridgehead atoms. The van der Waals surface area contributed by atoms with E-state index in [1.165, 1.54) is 6.08 Å². The summed E-state index contributed by atoms with van der Waals surface area (Å²) in [5, 5.41) is 8.66. The van der Waals surface area contributed by atoms with Crippen molar-refractivity contribution in [2.24, 2.45) is 0 Å². The molecule has 0 N–H and O–H groups in total. The Morgan fingerprint density at radius 2 is 2.04 bits per heavy atom. The molecule has 0 aliphatic carbocycles. The van der Waals surface area contributed by atoms with Crippen molar-refractivity contribution in [3.05, 3.63) is 52.6 Å². The molecule has 0 spiro atoms. The van der Waals surface area contributed by atoms with Gasteiger partial charge in [0.2, 0.25) is 0 Å². The van der Waals surface area contributed by atoms with Gasteiger partial charge in [0.1, 0.15) is 18.1 Å². The number of furan rings is 1. The number of esters is 1. The first kappa shape index (κ1) is 19.5. The van der Waals surface area contributed by atoms with Crippen LogP contribution in [0, 0.1) is 11.3 Å². The number of hydrogen-bond acceptors (Lipinski definition) is 7. The predicted molar refractivity (Wildman–Crippen MR) is 103 cm³/mol. The van der Waals surface area contributed by atoms with Gasteiger partial charge in [-0.15, -0.1) is 0 Å². The number of ether oxygens (including phenoxy) is 1. The Labute approximate surface area is 165 Å². The van der Waals surface area contributed by atoms with Crippen molar-refractivity contribution >= 4 is 35.0 Å². The van der Waals surface area contributed by atoms with Crippen molar-refractivity contribution in [1.82, 2.24) is 4.90 Å². The molecule has 142 valence electrons. The Hall–Kier alpha value is -3.31. The Morgan fingerprint density at radius 3 is 2.75 bits per heavy atom. The van der Waals surface area contributed by atoms with E-state index in [4.69, 9.17) is 9.15 Å². The van der Waals surface area contributed by atoms with E-state index >= 15 is 0 Å². The van der Waals surface area contributed by atoms with Gasteiger partial charge in [-0.05, 0) is 49.9 Å². The van der Waals surface area contributed by atoms with E-state index in [-0.39, 0.29) is 11.0 Å². The minimum absolute atomic E-state index is 0.150. The summed E-state index contributed by atoms with van der Waals surface area (Å²) >= 11 is 0.729. The van der Waals surface area contributed by atoms with Crippen molar-refractivity contribution in [3.8, 4) is 17.4 Å². The lowest BCUT2D eigenvalue weighted by Crippen LogP contribution is -2.35. The molecule has 2 amide bonds. The van der Waals surface area contributed by atoms with Crippen LogP contribution in [0.25, 0.3) is 17.4 Å². The summed E-state index contributed by atoms with van der Waals surface area (Å²) in [6.07, 6.45) is 1.11. The summed E-state index contributed by atoms with van der Waals surface area (Å²) < 4.78 is 10.7. The van der Waals surface area contributed by atoms with Crippen molar-refractivity contribution in [1.29, 1.82) is 5.26 Å². The molecule has 1 saturated heterocycles. The zero-order valence-electron chi connectivity index (χ0n) is 15.2. The zero-order valence-corrected chi connectivity index (χ0v) is 16.0. The van der Waals surface area contributed by atoms with Crippen LogP contribution < -0.4 is 0 Å². The number of nitriles is 1. The minimum Gasteiger partial charge on any atom is -0.462 e. The van der Waals surface area contributed by atoms with E-state index in [2.05, 4.69) is 6.07 Å². The lowest BCUT2D eigenvalue weighted by Gasteiger charge is -2.13. The molecular weight excluding hydrogens is 380 g/mol. The average molecular weight is 396 g/mol. The Morgan fingerprint density at radius 1 is 1.29 bits per heavy atom. The third-order valence-electron chi connectivity index (χ3n) is 3.74. The maximum atomic E-state index is 12.4. The van der Waals surface area contributed by atoms with E-state index in [1.807, 2.05) is 0 Å². The highest BCUT2D eigenvalue weighted by molar-refractivity contribution is 8.18. The standard InChI is InChI=1S/C20H16N2O5S/c1-12(2)26-18(23)11-22-19(24)17(28-20(22)25)9-14-7-8-16(27-14)15-6-4-3-5-13(15)10-21/h3-9,12H,11H2,1-2H3/b17-9-. The number of rotatable bonds is 5. The van der Waals surface area contributed by atoms with Gasteiger partial charge in [0.05, 0.1) is 22.6 Å². The van der Waals surface area contributed by atoms with Gasteiger partial charge in [-0.25, -0.2) is 0 Å². The van der Waals surface area contributed by atoms with Crippen molar-refractivity contribution in [3.63, 3.8) is 0 Å². The molecule has 8 heteroatoms. The molecule has 7 nitrogen and oxygen atoms in total. The number of hydrogen-bond donors (Lipinski definition) is 0. The van der Waals surface area contributed by atoms with Crippen LogP contribution in [0.1, 0.15) is 25.2 Å². The highest BCUT2D eigenvalue weighted by Crippen LogP contribution is 2.33. The summed E-state index contributed by atoms with van der Waals surface area (Å²) in [6, 6.07) is 12.4. The lowest BCUT2D eigenvalue weighted by atomic mass is 10.1. The second-order valence-electron chi connectivity index (χ2n) is 6.17. The van der Waals surface area contributed by atoms with E-state index < -0.39 is 23.7 Å². The fourth-order valence-electron chi connectivity index (χ4n) is 2.57. The summed E-state index contributed by atoms with van der Waals surface area (Å²) in [4.78, 5) is 37.2. The molecule has 3 rings (SSSR count). The third-order valence-corrected chi connectivity index (χ3v) is 4.65. The van der Waals surface area contributed by atoms with Gasteiger partial charge in [0, 0.05) is 11.6 Å². The first-order valence-electron chi connectivity index (χ1n) is 8.43. The molecule has 1 aromatic carbocycles. The average Bonchev–Trinajstić information content (AvgIpc) is 3.21. The number of nitrogens with zero attached hydrogens (tertiary/aromatic N) is 2. The first-order valence-corrected chi connectivity index (χ1v) is 9.25. The largest absolute Gasteiger partial charge is 0.462 e. The Bertz CT molecular complexity index is 1020. The highest BCUT2D eigenvalue weighted by atomic mass is 32.2. The molecule has 1 fully saturated rings. The fourth-order valence-corrected chi connectivity index (χ4v) is 3.38. The van der Waals surface area contributed by atoms with Gasteiger partial charge in [-0.3, -0.25) is 19.3 Å². The number of carbonyl (C=O) groups excluding carboxylic acids is 3. The van der Waals surface area contributed by atoms with Crippen LogP contribution in [-0.4, -0.2) is 34.7 Å². The zero-order chi connectivity index (χ0) is 20.3. The van der Waals surface area contributed by atoms with Gasteiger partial charge in [0.25, 0.3) is 11.1 Å². The number of thioether (sulfide) groups is 1. The van der Waals surface area contributed by atoms with Crippen LogP contribution in [0.2, 0.25) is 0 Å². The van der Waals surface area contributed by atoms with Crippen molar-refractivity contribution in [2.45, 2.75) is 20.0 Å². The van der Waals surface area contributed by atoms with Crippen LogP contribution in [0.15, 0.2) is 45.7 Å². The molecule has 1 aromatic heterocycles. The maximum Gasteiger partial charge on any atom is 0.326 e. The predicted octanol–water partition coefficient (Wildman–Crippen LogP) is 3.81. The molecule has 0 saturated carbocycles. The summed E-state index contributed by atoms with van der Waals surface area (Å²) in [5.74, 6) is -0.390. The normalized spacial score (nSPS) is 15.4. The van der Waals surface area contributed by atoms with Crippen LogP contribution in [-0.2, 0) is 14.3 Å². The second-order valence-corrected chi connectivity index (χ2v) is 7.16. The van der Waals surface area contributed by atoms with Gasteiger partial charge in [-0.2, -0.15) is 5.26 Å². The smallest absolute Gasteiger partial charge is 0.326 e. The number of carbonyl (C=O) groups is 3. The summed E-state index contributed by atoms with van der Waals surface area (Å²) in [7, 11) is 0. The molecule has 1 aliphatic heterocycles. The lowest BCUT2D eigenvalue weighted by molar-refractivity contribution is -0.149. The molecule has 0 unspecified atom stereocenters. The van der Waals surface area contributed by atoms with Crippen LogP contribution in [0.5, 0.6) is 0 Å². The Kier molecular flexibility index (Phi) is 5.66. The molecule has 2 aromatic rings. The van der Waals surface area contributed by atoms with Gasteiger partial charge in [0.15, 0.2) is 0 Å². The van der Waals surface area contributed by atoms with Crippen LogP contribution >= 0.6 is 11.8 Å². The number of benzene rings is 1. The number of amides is 2. The third kappa shape index (κ3) is 4.15. The Balaban J connectivity index is 1.79. The number of imide groups is 1. The van der Waals surface area contributed by atoms with Crippen LogP contribution in [0.3, 0.4) is 0 Å². The second kappa shape index (κ2) is 8.15. The monoisotopic (exact) mass is 396 g/mol.